The molecule has 0 aliphatic carbocycles. The molecule has 1 aliphatic heterocycles. The van der Waals surface area contributed by atoms with Crippen molar-refractivity contribution in [1.29, 1.82) is 0 Å². The van der Waals surface area contributed by atoms with Crippen LogP contribution in [-0.2, 0) is 0 Å². The summed E-state index contributed by atoms with van der Waals surface area (Å²) in [4.78, 5) is 18.5. The van der Waals surface area contributed by atoms with Crippen LogP contribution >= 0.6 is 0 Å². The molecule has 5 heterocycles. The smallest absolute Gasteiger partial charge is 0.262 e. The SMILES string of the molecule is c1ccc(-c2cccc(Oc3ccc4c5ccc(Oc6cccc(-c7ccccn7)c6)cc5n(-c5ncc6c(n5)OCCO6)c4c3)c2)nc1. The number of benzene rings is 4. The maximum absolute atomic E-state index is 6.42. The summed E-state index contributed by atoms with van der Waals surface area (Å²) in [6, 6.07) is 39.6. The third-order valence-electron chi connectivity index (χ3n) is 8.26. The summed E-state index contributed by atoms with van der Waals surface area (Å²) in [5, 5.41) is 2.01. The van der Waals surface area contributed by atoms with E-state index >= 15 is 0 Å². The summed E-state index contributed by atoms with van der Waals surface area (Å²) in [5.74, 6) is 4.08. The Labute approximate surface area is 281 Å². The van der Waals surface area contributed by atoms with E-state index in [4.69, 9.17) is 28.9 Å². The van der Waals surface area contributed by atoms with Gasteiger partial charge in [-0.2, -0.15) is 4.98 Å². The lowest BCUT2D eigenvalue weighted by atomic mass is 10.1. The Hall–Kier alpha value is -6.74. The maximum Gasteiger partial charge on any atom is 0.262 e. The number of aromatic nitrogens is 5. The van der Waals surface area contributed by atoms with Gasteiger partial charge in [0, 0.05) is 46.4 Å². The third-order valence-corrected chi connectivity index (χ3v) is 8.26. The minimum Gasteiger partial charge on any atom is -0.483 e. The topological polar surface area (TPSA) is 93.4 Å². The van der Waals surface area contributed by atoms with Crippen LogP contribution in [0.1, 0.15) is 0 Å². The fraction of sp³-hybridized carbons (Fsp3) is 0.0500. The number of fused-ring (bicyclic) bond motifs is 4. The van der Waals surface area contributed by atoms with E-state index < -0.39 is 0 Å². The molecule has 0 saturated carbocycles. The van der Waals surface area contributed by atoms with Gasteiger partial charge >= 0.3 is 0 Å². The highest BCUT2D eigenvalue weighted by Gasteiger charge is 2.20. The van der Waals surface area contributed by atoms with Crippen molar-refractivity contribution in [2.24, 2.45) is 0 Å². The van der Waals surface area contributed by atoms with Gasteiger partial charge in [0.05, 0.1) is 28.6 Å². The Morgan fingerprint density at radius 2 is 1.10 bits per heavy atom. The van der Waals surface area contributed by atoms with Crippen molar-refractivity contribution >= 4 is 21.8 Å². The minimum atomic E-state index is 0.406. The van der Waals surface area contributed by atoms with Crippen molar-refractivity contribution in [3.05, 3.63) is 140 Å². The van der Waals surface area contributed by atoms with Crippen LogP contribution in [0, 0.1) is 0 Å². The second-order valence-electron chi connectivity index (χ2n) is 11.4. The van der Waals surface area contributed by atoms with Crippen LogP contribution in [0.5, 0.6) is 34.6 Å². The third kappa shape index (κ3) is 5.53. The Morgan fingerprint density at radius 1 is 0.531 bits per heavy atom. The molecule has 9 heteroatoms. The van der Waals surface area contributed by atoms with Gasteiger partial charge in [0.2, 0.25) is 5.95 Å². The molecule has 1 aliphatic rings. The highest BCUT2D eigenvalue weighted by atomic mass is 16.6. The standard InChI is InChI=1S/C40H27N5O4/c1-3-17-41-34(11-1)26-7-5-9-28(21-26)48-30-13-15-32-33-16-14-31(49-29-10-6-8-27(22-29)35-12-2-4-18-42-35)24-37(33)45(36(32)23-30)40-43-25-38-39(44-40)47-20-19-46-38/h1-18,21-25H,19-20H2. The van der Waals surface area contributed by atoms with Gasteiger partial charge in [0.15, 0.2) is 5.75 Å². The van der Waals surface area contributed by atoms with Crippen LogP contribution < -0.4 is 18.9 Å². The Balaban J connectivity index is 1.14. The number of hydrogen-bond acceptors (Lipinski definition) is 8. The van der Waals surface area contributed by atoms with E-state index in [-0.39, 0.29) is 0 Å². The van der Waals surface area contributed by atoms with Crippen LogP contribution in [0.2, 0.25) is 0 Å². The van der Waals surface area contributed by atoms with Gasteiger partial charge in [0.25, 0.3) is 5.88 Å². The molecule has 49 heavy (non-hydrogen) atoms. The largest absolute Gasteiger partial charge is 0.483 e. The predicted molar refractivity (Wildman–Crippen MR) is 187 cm³/mol. The van der Waals surface area contributed by atoms with Crippen LogP contribution in [0.4, 0.5) is 0 Å². The zero-order valence-corrected chi connectivity index (χ0v) is 26.1. The first-order chi connectivity index (χ1) is 24.2. The van der Waals surface area contributed by atoms with Gasteiger partial charge in [0.1, 0.15) is 36.2 Å². The Kier molecular flexibility index (Phi) is 7.05. The molecular formula is C40H27N5O4. The zero-order valence-electron chi connectivity index (χ0n) is 26.1. The highest BCUT2D eigenvalue weighted by molar-refractivity contribution is 6.09. The molecule has 236 valence electrons. The molecule has 0 amide bonds. The summed E-state index contributed by atoms with van der Waals surface area (Å²) < 4.78 is 26.4. The van der Waals surface area contributed by atoms with Gasteiger partial charge in [-0.05, 0) is 72.8 Å². The van der Waals surface area contributed by atoms with Crippen LogP contribution in [0.3, 0.4) is 0 Å². The van der Waals surface area contributed by atoms with Gasteiger partial charge in [-0.15, -0.1) is 0 Å². The van der Waals surface area contributed by atoms with Crippen molar-refractivity contribution in [3.63, 3.8) is 0 Å². The lowest BCUT2D eigenvalue weighted by Crippen LogP contribution is -2.17. The van der Waals surface area contributed by atoms with E-state index in [1.807, 2.05) is 114 Å². The number of hydrogen-bond donors (Lipinski definition) is 0. The second kappa shape index (κ2) is 12.1. The second-order valence-corrected chi connectivity index (χ2v) is 11.4. The number of ether oxygens (including phenoxy) is 4. The molecule has 9 nitrogen and oxygen atoms in total. The van der Waals surface area contributed by atoms with E-state index in [0.29, 0.717) is 53.8 Å². The first-order valence-corrected chi connectivity index (χ1v) is 15.9. The maximum atomic E-state index is 6.42. The minimum absolute atomic E-state index is 0.406. The highest BCUT2D eigenvalue weighted by Crippen LogP contribution is 2.39. The summed E-state index contributed by atoms with van der Waals surface area (Å²) in [6.07, 6.45) is 5.22. The van der Waals surface area contributed by atoms with Crippen molar-refractivity contribution in [2.75, 3.05) is 13.2 Å². The molecule has 0 fully saturated rings. The fourth-order valence-corrected chi connectivity index (χ4v) is 6.04. The molecule has 4 aromatic carbocycles. The molecule has 0 atom stereocenters. The van der Waals surface area contributed by atoms with Crippen molar-refractivity contribution in [2.45, 2.75) is 0 Å². The van der Waals surface area contributed by atoms with Crippen molar-refractivity contribution in [3.8, 4) is 63.1 Å². The summed E-state index contributed by atoms with van der Waals surface area (Å²) in [6.45, 7) is 0.872. The summed E-state index contributed by atoms with van der Waals surface area (Å²) >= 11 is 0. The molecule has 8 aromatic rings. The number of nitrogens with zero attached hydrogens (tertiary/aromatic N) is 5. The van der Waals surface area contributed by atoms with Crippen molar-refractivity contribution < 1.29 is 18.9 Å². The van der Waals surface area contributed by atoms with Crippen LogP contribution in [0.25, 0.3) is 50.3 Å². The zero-order chi connectivity index (χ0) is 32.6. The Bertz CT molecular complexity index is 2320. The van der Waals surface area contributed by atoms with Crippen molar-refractivity contribution in [1.82, 2.24) is 24.5 Å². The molecule has 0 radical (unpaired) electrons. The van der Waals surface area contributed by atoms with Gasteiger partial charge in [-0.1, -0.05) is 36.4 Å². The average Bonchev–Trinajstić information content (AvgIpc) is 3.48. The van der Waals surface area contributed by atoms with E-state index in [0.717, 1.165) is 44.3 Å². The van der Waals surface area contributed by atoms with E-state index in [1.54, 1.807) is 18.6 Å². The molecule has 0 bridgehead atoms. The average molecular weight is 642 g/mol. The van der Waals surface area contributed by atoms with Gasteiger partial charge in [-0.25, -0.2) is 4.98 Å². The lowest BCUT2D eigenvalue weighted by molar-refractivity contribution is 0.163. The van der Waals surface area contributed by atoms with Gasteiger partial charge < -0.3 is 18.9 Å². The monoisotopic (exact) mass is 641 g/mol. The lowest BCUT2D eigenvalue weighted by Gasteiger charge is -2.17. The predicted octanol–water partition coefficient (Wildman–Crippen LogP) is 9.05. The first-order valence-electron chi connectivity index (χ1n) is 15.9. The molecule has 0 saturated heterocycles. The van der Waals surface area contributed by atoms with Crippen LogP contribution in [-0.4, -0.2) is 37.7 Å². The van der Waals surface area contributed by atoms with Gasteiger partial charge in [-0.3, -0.25) is 14.5 Å². The first kappa shape index (κ1) is 28.5. The molecule has 9 rings (SSSR count). The normalized spacial score (nSPS) is 12.2. The molecule has 0 spiro atoms. The quantitative estimate of drug-likeness (QED) is 0.170. The molecule has 4 aromatic heterocycles. The Morgan fingerprint density at radius 3 is 1.67 bits per heavy atom. The molecule has 0 unspecified atom stereocenters. The van der Waals surface area contributed by atoms with E-state index in [2.05, 4.69) is 22.1 Å². The number of rotatable bonds is 7. The van der Waals surface area contributed by atoms with Crippen LogP contribution in [0.15, 0.2) is 140 Å². The summed E-state index contributed by atoms with van der Waals surface area (Å²) in [5.41, 5.74) is 5.41. The fourth-order valence-electron chi connectivity index (χ4n) is 6.04. The molecule has 0 N–H and O–H groups in total. The summed E-state index contributed by atoms with van der Waals surface area (Å²) in [7, 11) is 0. The number of pyridine rings is 2. The van der Waals surface area contributed by atoms with E-state index in [1.165, 1.54) is 0 Å². The van der Waals surface area contributed by atoms with E-state index in [9.17, 15) is 0 Å². The molecular weight excluding hydrogens is 614 g/mol.